The maximum Gasteiger partial charge on any atom is 0.145 e. The molecule has 0 atom stereocenters. The minimum atomic E-state index is -0.0540. The Bertz CT molecular complexity index is 761. The van der Waals surface area contributed by atoms with E-state index in [-0.39, 0.29) is 5.84 Å². The van der Waals surface area contributed by atoms with Crippen LogP contribution in [0.1, 0.15) is 5.69 Å². The molecule has 3 N–H and O–H groups in total. The number of hydrogen-bond donors (Lipinski definition) is 2. The highest BCUT2D eigenvalue weighted by Gasteiger charge is 2.04. The first-order valence-electron chi connectivity index (χ1n) is 6.20. The first kappa shape index (κ1) is 12.2. The Kier molecular flexibility index (Phi) is 3.05. The number of nitrogen functional groups attached to an aromatic ring is 1. The van der Waals surface area contributed by atoms with Gasteiger partial charge >= 0.3 is 0 Å². The van der Waals surface area contributed by atoms with Crippen LogP contribution >= 0.6 is 0 Å². The van der Waals surface area contributed by atoms with E-state index in [1.54, 1.807) is 18.3 Å². The van der Waals surface area contributed by atoms with Crippen molar-refractivity contribution in [3.05, 3.63) is 66.5 Å². The summed E-state index contributed by atoms with van der Waals surface area (Å²) < 4.78 is 5.85. The third-order valence-electron chi connectivity index (χ3n) is 2.99. The number of aromatic nitrogens is 1. The van der Waals surface area contributed by atoms with Gasteiger partial charge in [0.05, 0.1) is 6.20 Å². The number of amidine groups is 1. The van der Waals surface area contributed by atoms with Crippen molar-refractivity contribution in [3.8, 4) is 11.5 Å². The molecule has 1 heterocycles. The van der Waals surface area contributed by atoms with E-state index in [0.717, 1.165) is 16.5 Å². The lowest BCUT2D eigenvalue weighted by Gasteiger charge is -2.09. The van der Waals surface area contributed by atoms with E-state index in [1.165, 1.54) is 0 Å². The van der Waals surface area contributed by atoms with Gasteiger partial charge in [-0.2, -0.15) is 0 Å². The molecule has 4 nitrogen and oxygen atoms in total. The first-order chi connectivity index (χ1) is 9.74. The van der Waals surface area contributed by atoms with E-state index in [1.807, 2.05) is 42.5 Å². The number of fused-ring (bicyclic) bond motifs is 1. The van der Waals surface area contributed by atoms with Crippen molar-refractivity contribution in [1.82, 2.24) is 4.98 Å². The maximum atomic E-state index is 7.31. The molecule has 0 bridgehead atoms. The lowest BCUT2D eigenvalue weighted by molar-refractivity contribution is 0.486. The molecule has 98 valence electrons. The molecule has 0 aliphatic heterocycles. The topological polar surface area (TPSA) is 72.0 Å². The highest BCUT2D eigenvalue weighted by atomic mass is 16.5. The minimum Gasteiger partial charge on any atom is -0.455 e. The van der Waals surface area contributed by atoms with E-state index >= 15 is 0 Å². The summed E-state index contributed by atoms with van der Waals surface area (Å²) in [6, 6.07) is 17.4. The molecule has 0 spiro atoms. The molecule has 2 aromatic carbocycles. The molecule has 0 radical (unpaired) electrons. The van der Waals surface area contributed by atoms with Gasteiger partial charge in [0.1, 0.15) is 23.0 Å². The Morgan fingerprint density at radius 1 is 1.00 bits per heavy atom. The van der Waals surface area contributed by atoms with E-state index in [0.29, 0.717) is 11.4 Å². The molecule has 20 heavy (non-hydrogen) atoms. The summed E-state index contributed by atoms with van der Waals surface area (Å²) in [5.41, 5.74) is 5.81. The van der Waals surface area contributed by atoms with Gasteiger partial charge in [-0.05, 0) is 23.6 Å². The summed E-state index contributed by atoms with van der Waals surface area (Å²) in [4.78, 5) is 4.08. The van der Waals surface area contributed by atoms with Gasteiger partial charge in [0.2, 0.25) is 0 Å². The fourth-order valence-electron chi connectivity index (χ4n) is 2.01. The zero-order valence-corrected chi connectivity index (χ0v) is 10.7. The summed E-state index contributed by atoms with van der Waals surface area (Å²) >= 11 is 0. The molecule has 0 fully saturated rings. The molecule has 3 rings (SSSR count). The molecule has 0 amide bonds. The van der Waals surface area contributed by atoms with Gasteiger partial charge < -0.3 is 10.5 Å². The Hall–Kier alpha value is -2.88. The molecular weight excluding hydrogens is 250 g/mol. The maximum absolute atomic E-state index is 7.31. The van der Waals surface area contributed by atoms with Crippen LogP contribution in [0.25, 0.3) is 10.8 Å². The standard InChI is InChI=1S/C16H13N3O/c17-16(18)14-9-8-12(10-19-14)20-15-7-3-5-11-4-1-2-6-13(11)15/h1-10H,(H3,17,18). The van der Waals surface area contributed by atoms with Crippen LogP contribution in [-0.4, -0.2) is 10.8 Å². The molecule has 0 saturated heterocycles. The van der Waals surface area contributed by atoms with Crippen molar-refractivity contribution in [2.75, 3.05) is 0 Å². The van der Waals surface area contributed by atoms with Crippen LogP contribution in [-0.2, 0) is 0 Å². The fraction of sp³-hybridized carbons (Fsp3) is 0. The molecular formula is C16H13N3O. The number of rotatable bonds is 3. The monoisotopic (exact) mass is 263 g/mol. The van der Waals surface area contributed by atoms with Crippen LogP contribution in [0.3, 0.4) is 0 Å². The molecule has 0 aliphatic carbocycles. The van der Waals surface area contributed by atoms with Gasteiger partial charge in [0.25, 0.3) is 0 Å². The lowest BCUT2D eigenvalue weighted by Crippen LogP contribution is -2.12. The molecule has 3 aromatic rings. The van der Waals surface area contributed by atoms with E-state index in [9.17, 15) is 0 Å². The molecule has 0 unspecified atom stereocenters. The average molecular weight is 263 g/mol. The average Bonchev–Trinajstić information content (AvgIpc) is 2.48. The van der Waals surface area contributed by atoms with Crippen LogP contribution in [0.5, 0.6) is 11.5 Å². The fourth-order valence-corrected chi connectivity index (χ4v) is 2.01. The van der Waals surface area contributed by atoms with E-state index in [2.05, 4.69) is 4.98 Å². The van der Waals surface area contributed by atoms with Crippen molar-refractivity contribution < 1.29 is 4.74 Å². The van der Waals surface area contributed by atoms with Gasteiger partial charge in [0.15, 0.2) is 0 Å². The number of benzene rings is 2. The van der Waals surface area contributed by atoms with Gasteiger partial charge in [0, 0.05) is 5.39 Å². The van der Waals surface area contributed by atoms with Crippen molar-refractivity contribution in [2.45, 2.75) is 0 Å². The van der Waals surface area contributed by atoms with Gasteiger partial charge in [-0.1, -0.05) is 36.4 Å². The molecule has 0 saturated carbocycles. The smallest absolute Gasteiger partial charge is 0.145 e. The lowest BCUT2D eigenvalue weighted by atomic mass is 10.1. The number of ether oxygens (including phenoxy) is 1. The van der Waals surface area contributed by atoms with Crippen LogP contribution in [0, 0.1) is 5.41 Å². The Morgan fingerprint density at radius 2 is 1.80 bits per heavy atom. The van der Waals surface area contributed by atoms with Crippen molar-refractivity contribution >= 4 is 16.6 Å². The van der Waals surface area contributed by atoms with E-state index < -0.39 is 0 Å². The van der Waals surface area contributed by atoms with Gasteiger partial charge in [-0.15, -0.1) is 0 Å². The van der Waals surface area contributed by atoms with Crippen molar-refractivity contribution in [2.24, 2.45) is 5.73 Å². The largest absolute Gasteiger partial charge is 0.455 e. The summed E-state index contributed by atoms with van der Waals surface area (Å²) in [5.74, 6) is 1.34. The second-order valence-electron chi connectivity index (χ2n) is 4.37. The quantitative estimate of drug-likeness (QED) is 0.562. The number of hydrogen-bond acceptors (Lipinski definition) is 3. The Labute approximate surface area is 116 Å². The molecule has 1 aromatic heterocycles. The van der Waals surface area contributed by atoms with Crippen LogP contribution < -0.4 is 10.5 Å². The normalized spacial score (nSPS) is 10.4. The van der Waals surface area contributed by atoms with Gasteiger partial charge in [-0.25, -0.2) is 4.98 Å². The highest BCUT2D eigenvalue weighted by Crippen LogP contribution is 2.29. The van der Waals surface area contributed by atoms with Gasteiger partial charge in [-0.3, -0.25) is 5.41 Å². The van der Waals surface area contributed by atoms with Crippen LogP contribution in [0.2, 0.25) is 0 Å². The zero-order chi connectivity index (χ0) is 13.9. The number of nitrogens with zero attached hydrogens (tertiary/aromatic N) is 1. The van der Waals surface area contributed by atoms with Crippen molar-refractivity contribution in [1.29, 1.82) is 5.41 Å². The first-order valence-corrected chi connectivity index (χ1v) is 6.20. The molecule has 4 heteroatoms. The third kappa shape index (κ3) is 2.31. The van der Waals surface area contributed by atoms with Crippen molar-refractivity contribution in [3.63, 3.8) is 0 Å². The van der Waals surface area contributed by atoms with Crippen LogP contribution in [0.15, 0.2) is 60.8 Å². The SMILES string of the molecule is N=C(N)c1ccc(Oc2cccc3ccccc23)cn1. The third-order valence-corrected chi connectivity index (χ3v) is 2.99. The number of nitrogens with one attached hydrogen (secondary N) is 1. The summed E-state index contributed by atoms with van der Waals surface area (Å²) in [6.45, 7) is 0. The van der Waals surface area contributed by atoms with Crippen LogP contribution in [0.4, 0.5) is 0 Å². The number of nitrogens with two attached hydrogens (primary N) is 1. The highest BCUT2D eigenvalue weighted by molar-refractivity contribution is 5.93. The second kappa shape index (κ2) is 5.01. The predicted molar refractivity (Wildman–Crippen MR) is 79.3 cm³/mol. The summed E-state index contributed by atoms with van der Waals surface area (Å²) in [6.07, 6.45) is 1.57. The Balaban J connectivity index is 1.95. The van der Waals surface area contributed by atoms with E-state index in [4.69, 9.17) is 15.9 Å². The minimum absolute atomic E-state index is 0.0540. The Morgan fingerprint density at radius 3 is 2.55 bits per heavy atom. The number of pyridine rings is 1. The second-order valence-corrected chi connectivity index (χ2v) is 4.37. The summed E-state index contributed by atoms with van der Waals surface area (Å²) in [5, 5.41) is 9.48. The summed E-state index contributed by atoms with van der Waals surface area (Å²) in [7, 11) is 0. The predicted octanol–water partition coefficient (Wildman–Crippen LogP) is 3.31. The zero-order valence-electron chi connectivity index (χ0n) is 10.7. The molecule has 0 aliphatic rings.